The summed E-state index contributed by atoms with van der Waals surface area (Å²) in [5.41, 5.74) is 1.12. The number of likely N-dealkylation sites (N-methyl/N-ethyl adjacent to an activating group) is 1. The Labute approximate surface area is 117 Å². The average Bonchev–Trinajstić information content (AvgIpc) is 2.45. The minimum Gasteiger partial charge on any atom is -0.310 e. The van der Waals surface area contributed by atoms with E-state index in [0.29, 0.717) is 0 Å². The fourth-order valence-electron chi connectivity index (χ4n) is 3.09. The zero-order valence-corrected chi connectivity index (χ0v) is 12.3. The number of aromatic nitrogens is 1. The Morgan fingerprint density at radius 1 is 1.32 bits per heavy atom. The summed E-state index contributed by atoms with van der Waals surface area (Å²) in [5, 5.41) is 3.48. The van der Waals surface area contributed by atoms with E-state index in [1.165, 1.54) is 25.7 Å². The van der Waals surface area contributed by atoms with Gasteiger partial charge in [0.2, 0.25) is 0 Å². The van der Waals surface area contributed by atoms with Crippen LogP contribution in [0.3, 0.4) is 0 Å². The Hall–Kier alpha value is -0.930. The van der Waals surface area contributed by atoms with Crippen LogP contribution in [-0.2, 0) is 6.54 Å². The lowest BCUT2D eigenvalue weighted by molar-refractivity contribution is 0.140. The normalized spacial score (nSPS) is 23.7. The SMILES string of the molecule is CC1CCCCC1N(C)CCNCc1ccccn1. The lowest BCUT2D eigenvalue weighted by atomic mass is 9.85. The Balaban J connectivity index is 1.65. The third-order valence-electron chi connectivity index (χ3n) is 4.31. The molecule has 19 heavy (non-hydrogen) atoms. The zero-order valence-electron chi connectivity index (χ0n) is 12.3. The highest BCUT2D eigenvalue weighted by atomic mass is 15.1. The molecular weight excluding hydrogens is 234 g/mol. The highest BCUT2D eigenvalue weighted by Crippen LogP contribution is 2.26. The van der Waals surface area contributed by atoms with E-state index in [4.69, 9.17) is 0 Å². The lowest BCUT2D eigenvalue weighted by Gasteiger charge is -2.36. The molecular formula is C16H27N3. The summed E-state index contributed by atoms with van der Waals surface area (Å²) in [6.07, 6.45) is 7.45. The van der Waals surface area contributed by atoms with Crippen molar-refractivity contribution in [1.82, 2.24) is 15.2 Å². The van der Waals surface area contributed by atoms with Gasteiger partial charge >= 0.3 is 0 Å². The van der Waals surface area contributed by atoms with Crippen LogP contribution in [0.15, 0.2) is 24.4 Å². The van der Waals surface area contributed by atoms with Crippen LogP contribution >= 0.6 is 0 Å². The maximum atomic E-state index is 4.32. The number of hydrogen-bond acceptors (Lipinski definition) is 3. The van der Waals surface area contributed by atoms with Crippen LogP contribution in [0.25, 0.3) is 0 Å². The quantitative estimate of drug-likeness (QED) is 0.798. The minimum absolute atomic E-state index is 0.783. The van der Waals surface area contributed by atoms with E-state index in [-0.39, 0.29) is 0 Å². The Kier molecular flexibility index (Phi) is 5.80. The molecule has 0 radical (unpaired) electrons. The third kappa shape index (κ3) is 4.59. The van der Waals surface area contributed by atoms with Gasteiger partial charge < -0.3 is 10.2 Å². The summed E-state index contributed by atoms with van der Waals surface area (Å²) < 4.78 is 0. The van der Waals surface area contributed by atoms with Crippen molar-refractivity contribution in [3.8, 4) is 0 Å². The molecule has 106 valence electrons. The molecule has 1 heterocycles. The van der Waals surface area contributed by atoms with Crippen LogP contribution in [0.2, 0.25) is 0 Å². The lowest BCUT2D eigenvalue weighted by Crippen LogP contribution is -2.42. The van der Waals surface area contributed by atoms with Gasteiger partial charge in [0.1, 0.15) is 0 Å². The summed E-state index contributed by atoms with van der Waals surface area (Å²) >= 11 is 0. The Bertz CT molecular complexity index is 352. The first-order chi connectivity index (χ1) is 9.27. The first-order valence-electron chi connectivity index (χ1n) is 7.58. The highest BCUT2D eigenvalue weighted by Gasteiger charge is 2.24. The van der Waals surface area contributed by atoms with Crippen molar-refractivity contribution >= 4 is 0 Å². The van der Waals surface area contributed by atoms with Crippen molar-refractivity contribution in [3.05, 3.63) is 30.1 Å². The molecule has 0 spiro atoms. The second kappa shape index (κ2) is 7.61. The van der Waals surface area contributed by atoms with Crippen molar-refractivity contribution in [1.29, 1.82) is 0 Å². The van der Waals surface area contributed by atoms with Gasteiger partial charge in [0.05, 0.1) is 5.69 Å². The number of hydrogen-bond donors (Lipinski definition) is 1. The van der Waals surface area contributed by atoms with E-state index in [9.17, 15) is 0 Å². The smallest absolute Gasteiger partial charge is 0.0541 e. The van der Waals surface area contributed by atoms with Crippen LogP contribution in [0.5, 0.6) is 0 Å². The number of nitrogens with one attached hydrogen (secondary N) is 1. The molecule has 1 aliphatic rings. The van der Waals surface area contributed by atoms with E-state index in [2.05, 4.69) is 35.2 Å². The summed E-state index contributed by atoms with van der Waals surface area (Å²) in [6.45, 7) is 5.44. The summed E-state index contributed by atoms with van der Waals surface area (Å²) in [6, 6.07) is 6.85. The summed E-state index contributed by atoms with van der Waals surface area (Å²) in [7, 11) is 2.27. The Morgan fingerprint density at radius 2 is 2.16 bits per heavy atom. The molecule has 2 rings (SSSR count). The summed E-state index contributed by atoms with van der Waals surface area (Å²) in [5.74, 6) is 0.856. The Morgan fingerprint density at radius 3 is 2.89 bits per heavy atom. The van der Waals surface area contributed by atoms with Crippen molar-refractivity contribution in [2.75, 3.05) is 20.1 Å². The van der Waals surface area contributed by atoms with E-state index in [1.54, 1.807) is 0 Å². The minimum atomic E-state index is 0.783. The van der Waals surface area contributed by atoms with Crippen molar-refractivity contribution in [2.24, 2.45) is 5.92 Å². The fraction of sp³-hybridized carbons (Fsp3) is 0.688. The summed E-state index contributed by atoms with van der Waals surface area (Å²) in [4.78, 5) is 6.86. The van der Waals surface area contributed by atoms with Crippen molar-refractivity contribution in [3.63, 3.8) is 0 Å². The number of pyridine rings is 1. The molecule has 1 saturated carbocycles. The molecule has 0 aliphatic heterocycles. The average molecular weight is 261 g/mol. The first-order valence-corrected chi connectivity index (χ1v) is 7.58. The zero-order chi connectivity index (χ0) is 13.5. The van der Waals surface area contributed by atoms with Crippen LogP contribution in [0, 0.1) is 5.92 Å². The van der Waals surface area contributed by atoms with Gasteiger partial charge in [-0.3, -0.25) is 4.98 Å². The van der Waals surface area contributed by atoms with Crippen molar-refractivity contribution < 1.29 is 0 Å². The van der Waals surface area contributed by atoms with E-state index in [0.717, 1.165) is 37.3 Å². The number of rotatable bonds is 6. The molecule has 1 fully saturated rings. The maximum absolute atomic E-state index is 4.32. The molecule has 2 unspecified atom stereocenters. The van der Waals surface area contributed by atoms with Crippen LogP contribution < -0.4 is 5.32 Å². The molecule has 3 nitrogen and oxygen atoms in total. The molecule has 0 bridgehead atoms. The predicted molar refractivity (Wildman–Crippen MR) is 80.0 cm³/mol. The van der Waals surface area contributed by atoms with Gasteiger partial charge in [0.25, 0.3) is 0 Å². The van der Waals surface area contributed by atoms with Gasteiger partial charge in [-0.25, -0.2) is 0 Å². The molecule has 0 saturated heterocycles. The first kappa shape index (κ1) is 14.5. The molecule has 0 aromatic carbocycles. The third-order valence-corrected chi connectivity index (χ3v) is 4.31. The fourth-order valence-corrected chi connectivity index (χ4v) is 3.09. The van der Waals surface area contributed by atoms with Gasteiger partial charge in [-0.05, 0) is 37.9 Å². The molecule has 3 heteroatoms. The van der Waals surface area contributed by atoms with Crippen LogP contribution in [0.4, 0.5) is 0 Å². The molecule has 1 aromatic rings. The predicted octanol–water partition coefficient (Wildman–Crippen LogP) is 2.68. The standard InChI is InChI=1S/C16H27N3/c1-14-7-3-4-9-16(14)19(2)12-11-17-13-15-8-5-6-10-18-15/h5-6,8,10,14,16-17H,3-4,7,9,11-13H2,1-2H3. The van der Waals surface area contributed by atoms with Crippen molar-refractivity contribution in [2.45, 2.75) is 45.2 Å². The van der Waals surface area contributed by atoms with Gasteiger partial charge in [0, 0.05) is 31.9 Å². The largest absolute Gasteiger partial charge is 0.310 e. The number of nitrogens with zero attached hydrogens (tertiary/aromatic N) is 2. The second-order valence-corrected chi connectivity index (χ2v) is 5.81. The van der Waals surface area contributed by atoms with Gasteiger partial charge in [0.15, 0.2) is 0 Å². The molecule has 2 atom stereocenters. The van der Waals surface area contributed by atoms with Gasteiger partial charge in [-0.1, -0.05) is 25.8 Å². The van der Waals surface area contributed by atoms with Crippen LogP contribution in [-0.4, -0.2) is 36.1 Å². The van der Waals surface area contributed by atoms with Gasteiger partial charge in [-0.2, -0.15) is 0 Å². The molecule has 1 aliphatic carbocycles. The molecule has 0 amide bonds. The van der Waals surface area contributed by atoms with Gasteiger partial charge in [-0.15, -0.1) is 0 Å². The van der Waals surface area contributed by atoms with Crippen LogP contribution in [0.1, 0.15) is 38.3 Å². The highest BCUT2D eigenvalue weighted by molar-refractivity contribution is 5.02. The maximum Gasteiger partial charge on any atom is 0.0541 e. The monoisotopic (exact) mass is 261 g/mol. The molecule has 1 aromatic heterocycles. The topological polar surface area (TPSA) is 28.2 Å². The molecule has 1 N–H and O–H groups in total. The van der Waals surface area contributed by atoms with E-state index >= 15 is 0 Å². The second-order valence-electron chi connectivity index (χ2n) is 5.81. The van der Waals surface area contributed by atoms with E-state index < -0.39 is 0 Å². The van der Waals surface area contributed by atoms with E-state index in [1.807, 2.05) is 18.3 Å².